The smallest absolute Gasteiger partial charge is 0.241 e. The summed E-state index contributed by atoms with van der Waals surface area (Å²) in [6.45, 7) is 4.80. The lowest BCUT2D eigenvalue weighted by Crippen LogP contribution is -2.35. The van der Waals surface area contributed by atoms with E-state index in [1.54, 1.807) is 4.68 Å². The Labute approximate surface area is 95.2 Å². The second-order valence-electron chi connectivity index (χ2n) is 4.31. The maximum Gasteiger partial charge on any atom is 0.241 e. The fraction of sp³-hybridized carbons (Fsp3) is 0.636. The van der Waals surface area contributed by atoms with Gasteiger partial charge in [0.1, 0.15) is 0 Å². The molecular formula is C11H18N4O. The zero-order valence-corrected chi connectivity index (χ0v) is 10.0. The number of amides is 1. The molecule has 1 amide bonds. The summed E-state index contributed by atoms with van der Waals surface area (Å²) in [6.07, 6.45) is 1.99. The van der Waals surface area contributed by atoms with Crippen molar-refractivity contribution in [2.45, 2.75) is 32.7 Å². The molecule has 0 radical (unpaired) electrons. The quantitative estimate of drug-likeness (QED) is 0.775. The van der Waals surface area contributed by atoms with Gasteiger partial charge in [0.15, 0.2) is 0 Å². The van der Waals surface area contributed by atoms with E-state index < -0.39 is 0 Å². The molecule has 0 aromatic carbocycles. The Morgan fingerprint density at radius 2 is 2.31 bits per heavy atom. The second-order valence-corrected chi connectivity index (χ2v) is 4.31. The molecule has 1 atom stereocenters. The van der Waals surface area contributed by atoms with Crippen LogP contribution in [0.5, 0.6) is 0 Å². The van der Waals surface area contributed by atoms with Gasteiger partial charge < -0.3 is 10.6 Å². The molecule has 1 aromatic heterocycles. The lowest BCUT2D eigenvalue weighted by Gasteiger charge is -2.11. The Bertz CT molecular complexity index is 404. The largest absolute Gasteiger partial charge is 0.322 e. The summed E-state index contributed by atoms with van der Waals surface area (Å²) in [6, 6.07) is -0.0426. The maximum atomic E-state index is 11.9. The van der Waals surface area contributed by atoms with Crippen molar-refractivity contribution >= 4 is 11.6 Å². The molecule has 5 heteroatoms. The van der Waals surface area contributed by atoms with E-state index in [0.717, 1.165) is 36.5 Å². The zero-order valence-electron chi connectivity index (χ0n) is 10.0. The summed E-state index contributed by atoms with van der Waals surface area (Å²) in [4.78, 5) is 11.9. The van der Waals surface area contributed by atoms with E-state index in [-0.39, 0.29) is 11.9 Å². The van der Waals surface area contributed by atoms with Gasteiger partial charge in [-0.05, 0) is 33.2 Å². The Morgan fingerprint density at radius 1 is 1.56 bits per heavy atom. The molecular weight excluding hydrogens is 204 g/mol. The van der Waals surface area contributed by atoms with Crippen LogP contribution in [0.15, 0.2) is 0 Å². The minimum Gasteiger partial charge on any atom is -0.322 e. The monoisotopic (exact) mass is 222 g/mol. The van der Waals surface area contributed by atoms with Crippen LogP contribution in [0.3, 0.4) is 0 Å². The van der Waals surface area contributed by atoms with Crippen molar-refractivity contribution in [2.75, 3.05) is 11.9 Å². The number of rotatable bonds is 2. The van der Waals surface area contributed by atoms with E-state index in [4.69, 9.17) is 0 Å². The summed E-state index contributed by atoms with van der Waals surface area (Å²) in [5.74, 6) is 0.0525. The minimum atomic E-state index is -0.0426. The molecule has 5 nitrogen and oxygen atoms in total. The first-order valence-corrected chi connectivity index (χ1v) is 5.64. The summed E-state index contributed by atoms with van der Waals surface area (Å²) in [5.41, 5.74) is 2.70. The number of aryl methyl sites for hydroxylation is 2. The van der Waals surface area contributed by atoms with Gasteiger partial charge in [-0.15, -0.1) is 0 Å². The predicted octanol–water partition coefficient (Wildman–Crippen LogP) is 0.727. The lowest BCUT2D eigenvalue weighted by molar-refractivity contribution is -0.117. The van der Waals surface area contributed by atoms with Crippen LogP contribution in [-0.2, 0) is 11.8 Å². The van der Waals surface area contributed by atoms with Gasteiger partial charge in [-0.25, -0.2) is 0 Å². The third kappa shape index (κ3) is 1.95. The fourth-order valence-electron chi connectivity index (χ4n) is 2.07. The minimum absolute atomic E-state index is 0.0426. The first kappa shape index (κ1) is 11.1. The van der Waals surface area contributed by atoms with E-state index in [2.05, 4.69) is 15.7 Å². The molecule has 1 fully saturated rings. The number of hydrogen-bond acceptors (Lipinski definition) is 3. The Morgan fingerprint density at radius 3 is 2.81 bits per heavy atom. The Kier molecular flexibility index (Phi) is 2.96. The standard InChI is InChI=1S/C11H18N4O/c1-7-10(8(2)15(3)14-7)13-11(16)9-5-4-6-12-9/h9,12H,4-6H2,1-3H3,(H,13,16)/t9-/m1/s1. The molecule has 88 valence electrons. The molecule has 1 aliphatic rings. The molecule has 0 spiro atoms. The molecule has 0 aliphatic carbocycles. The topological polar surface area (TPSA) is 59.0 Å². The predicted molar refractivity (Wildman–Crippen MR) is 62.3 cm³/mol. The van der Waals surface area contributed by atoms with E-state index in [0.29, 0.717) is 0 Å². The first-order valence-electron chi connectivity index (χ1n) is 5.64. The fourth-order valence-corrected chi connectivity index (χ4v) is 2.07. The summed E-state index contributed by atoms with van der Waals surface area (Å²) in [5, 5.41) is 10.4. The molecule has 0 unspecified atom stereocenters. The van der Waals surface area contributed by atoms with E-state index >= 15 is 0 Å². The van der Waals surface area contributed by atoms with Crippen molar-refractivity contribution < 1.29 is 4.79 Å². The number of carbonyl (C=O) groups excluding carboxylic acids is 1. The van der Waals surface area contributed by atoms with Gasteiger partial charge in [-0.3, -0.25) is 9.48 Å². The molecule has 0 bridgehead atoms. The molecule has 2 N–H and O–H groups in total. The van der Waals surface area contributed by atoms with Gasteiger partial charge in [-0.2, -0.15) is 5.10 Å². The first-order chi connectivity index (χ1) is 7.59. The molecule has 1 saturated heterocycles. The van der Waals surface area contributed by atoms with Crippen LogP contribution in [0.1, 0.15) is 24.2 Å². The van der Waals surface area contributed by atoms with E-state index in [1.165, 1.54) is 0 Å². The summed E-state index contributed by atoms with van der Waals surface area (Å²) >= 11 is 0. The number of carbonyl (C=O) groups is 1. The summed E-state index contributed by atoms with van der Waals surface area (Å²) in [7, 11) is 1.88. The summed E-state index contributed by atoms with van der Waals surface area (Å²) < 4.78 is 1.78. The molecule has 2 heterocycles. The number of nitrogens with zero attached hydrogens (tertiary/aromatic N) is 2. The molecule has 16 heavy (non-hydrogen) atoms. The van der Waals surface area contributed by atoms with E-state index in [9.17, 15) is 4.79 Å². The highest BCUT2D eigenvalue weighted by Gasteiger charge is 2.23. The van der Waals surface area contributed by atoms with Gasteiger partial charge in [0.2, 0.25) is 5.91 Å². The zero-order chi connectivity index (χ0) is 11.7. The van der Waals surface area contributed by atoms with Crippen LogP contribution in [0.4, 0.5) is 5.69 Å². The van der Waals surface area contributed by atoms with Gasteiger partial charge in [0.25, 0.3) is 0 Å². The van der Waals surface area contributed by atoms with Crippen LogP contribution in [0.25, 0.3) is 0 Å². The van der Waals surface area contributed by atoms with Gasteiger partial charge in [-0.1, -0.05) is 0 Å². The second kappa shape index (κ2) is 4.25. The van der Waals surface area contributed by atoms with Crippen LogP contribution in [-0.4, -0.2) is 28.3 Å². The number of hydrogen-bond donors (Lipinski definition) is 2. The number of anilines is 1. The molecule has 2 rings (SSSR count). The third-order valence-corrected chi connectivity index (χ3v) is 3.13. The Hall–Kier alpha value is -1.36. The average Bonchev–Trinajstić information content (AvgIpc) is 2.83. The Balaban J connectivity index is 2.11. The average molecular weight is 222 g/mol. The number of nitrogens with one attached hydrogen (secondary N) is 2. The van der Waals surface area contributed by atoms with E-state index in [1.807, 2.05) is 20.9 Å². The van der Waals surface area contributed by atoms with Crippen LogP contribution < -0.4 is 10.6 Å². The van der Waals surface area contributed by atoms with Gasteiger partial charge in [0.05, 0.1) is 23.1 Å². The molecule has 1 aromatic rings. The van der Waals surface area contributed by atoms with Crippen molar-refractivity contribution in [3.8, 4) is 0 Å². The molecule has 1 aliphatic heterocycles. The van der Waals surface area contributed by atoms with Crippen LogP contribution in [0, 0.1) is 13.8 Å². The van der Waals surface area contributed by atoms with Gasteiger partial charge >= 0.3 is 0 Å². The highest BCUT2D eigenvalue weighted by atomic mass is 16.2. The van der Waals surface area contributed by atoms with Crippen molar-refractivity contribution in [1.82, 2.24) is 15.1 Å². The van der Waals surface area contributed by atoms with Gasteiger partial charge in [0, 0.05) is 7.05 Å². The van der Waals surface area contributed by atoms with Crippen LogP contribution in [0.2, 0.25) is 0 Å². The SMILES string of the molecule is Cc1nn(C)c(C)c1NC(=O)[C@H]1CCCN1. The van der Waals surface area contributed by atoms with Crippen molar-refractivity contribution in [3.05, 3.63) is 11.4 Å². The third-order valence-electron chi connectivity index (χ3n) is 3.13. The lowest BCUT2D eigenvalue weighted by atomic mass is 10.2. The maximum absolute atomic E-state index is 11.9. The molecule has 0 saturated carbocycles. The van der Waals surface area contributed by atoms with Crippen molar-refractivity contribution in [3.63, 3.8) is 0 Å². The highest BCUT2D eigenvalue weighted by Crippen LogP contribution is 2.19. The number of aromatic nitrogens is 2. The van der Waals surface area contributed by atoms with Crippen molar-refractivity contribution in [1.29, 1.82) is 0 Å². The van der Waals surface area contributed by atoms with Crippen molar-refractivity contribution in [2.24, 2.45) is 7.05 Å². The highest BCUT2D eigenvalue weighted by molar-refractivity contribution is 5.95. The van der Waals surface area contributed by atoms with Crippen LogP contribution >= 0.6 is 0 Å². The normalized spacial score (nSPS) is 20.1.